The number of carbonyl (C=O) groups excluding carboxylic acids is 1. The van der Waals surface area contributed by atoms with Crippen molar-refractivity contribution in [2.75, 3.05) is 13.1 Å². The van der Waals surface area contributed by atoms with Crippen molar-refractivity contribution in [1.29, 1.82) is 0 Å². The van der Waals surface area contributed by atoms with Gasteiger partial charge in [-0.25, -0.2) is 0 Å². The van der Waals surface area contributed by atoms with Crippen LogP contribution in [0.2, 0.25) is 0 Å². The summed E-state index contributed by atoms with van der Waals surface area (Å²) in [7, 11) is 0. The molecule has 4 nitrogen and oxygen atoms in total. The van der Waals surface area contributed by atoms with Crippen molar-refractivity contribution in [3.05, 3.63) is 47.7 Å². The summed E-state index contributed by atoms with van der Waals surface area (Å²) in [5.74, 6) is 5.93. The van der Waals surface area contributed by atoms with E-state index in [1.54, 1.807) is 6.21 Å². The molecule has 0 aliphatic heterocycles. The second-order valence-electron chi connectivity index (χ2n) is 6.04. The van der Waals surface area contributed by atoms with Crippen LogP contribution in [0.1, 0.15) is 32.3 Å². The van der Waals surface area contributed by atoms with Crippen LogP contribution >= 0.6 is 0 Å². The highest BCUT2D eigenvalue weighted by atomic mass is 16.1. The Morgan fingerprint density at radius 1 is 1.26 bits per heavy atom. The predicted molar refractivity (Wildman–Crippen MR) is 96.0 cm³/mol. The van der Waals surface area contributed by atoms with Crippen LogP contribution in [-0.2, 0) is 4.79 Å². The predicted octanol–water partition coefficient (Wildman–Crippen LogP) is 2.29. The summed E-state index contributed by atoms with van der Waals surface area (Å²) >= 11 is 0. The fraction of sp³-hybridized carbons (Fsp3) is 0.368. The molecule has 0 aliphatic carbocycles. The summed E-state index contributed by atoms with van der Waals surface area (Å²) in [4.78, 5) is 16.4. The zero-order valence-electron chi connectivity index (χ0n) is 13.9. The molecule has 0 saturated carbocycles. The standard InChI is InChI=1S/C19H25N3O/c1-19(2,10-11-20)15-18(23)14-17(22-13-12-21)9-8-16-6-4-3-5-7-16/h3-7,13-14H,10-12,15,20-21H2,1-2H3. The molecule has 4 N–H and O–H groups in total. The number of hydrogen-bond acceptors (Lipinski definition) is 4. The third-order valence-corrected chi connectivity index (χ3v) is 3.22. The molecular formula is C19H25N3O. The molecule has 0 spiro atoms. The molecule has 0 unspecified atom stereocenters. The van der Waals surface area contributed by atoms with E-state index in [0.29, 0.717) is 25.2 Å². The maximum Gasteiger partial charge on any atom is 0.159 e. The highest BCUT2D eigenvalue weighted by Gasteiger charge is 2.20. The van der Waals surface area contributed by atoms with Crippen LogP contribution in [0.4, 0.5) is 0 Å². The monoisotopic (exact) mass is 311 g/mol. The van der Waals surface area contributed by atoms with Crippen molar-refractivity contribution in [2.24, 2.45) is 21.9 Å². The lowest BCUT2D eigenvalue weighted by atomic mass is 9.84. The van der Waals surface area contributed by atoms with Gasteiger partial charge in [-0.15, -0.1) is 0 Å². The number of benzene rings is 1. The summed E-state index contributed by atoms with van der Waals surface area (Å²) in [5, 5.41) is 0. The summed E-state index contributed by atoms with van der Waals surface area (Å²) in [6.45, 7) is 4.93. The molecule has 0 aromatic heterocycles. The maximum absolute atomic E-state index is 12.2. The van der Waals surface area contributed by atoms with Crippen LogP contribution in [-0.4, -0.2) is 25.1 Å². The molecule has 1 aromatic rings. The van der Waals surface area contributed by atoms with Crippen molar-refractivity contribution in [2.45, 2.75) is 26.7 Å². The minimum Gasteiger partial charge on any atom is -0.330 e. The Morgan fingerprint density at radius 3 is 2.57 bits per heavy atom. The first kappa shape index (κ1) is 18.8. The van der Waals surface area contributed by atoms with Gasteiger partial charge in [-0.05, 0) is 36.4 Å². The van der Waals surface area contributed by atoms with Crippen LogP contribution < -0.4 is 11.5 Å². The average molecular weight is 311 g/mol. The number of allylic oxidation sites excluding steroid dienone is 2. The minimum atomic E-state index is -0.127. The van der Waals surface area contributed by atoms with Crippen LogP contribution in [0.25, 0.3) is 0 Å². The Kier molecular flexibility index (Phi) is 7.96. The molecule has 0 radical (unpaired) electrons. The Morgan fingerprint density at radius 2 is 1.96 bits per heavy atom. The van der Waals surface area contributed by atoms with E-state index in [4.69, 9.17) is 11.5 Å². The Labute approximate surface area is 138 Å². The zero-order valence-corrected chi connectivity index (χ0v) is 13.9. The molecular weight excluding hydrogens is 286 g/mol. The Hall–Kier alpha value is -2.22. The topological polar surface area (TPSA) is 81.5 Å². The number of ketones is 1. The van der Waals surface area contributed by atoms with Crippen LogP contribution in [0.5, 0.6) is 0 Å². The first-order valence-electron chi connectivity index (χ1n) is 7.71. The molecule has 0 amide bonds. The van der Waals surface area contributed by atoms with Gasteiger partial charge in [0.15, 0.2) is 5.78 Å². The van der Waals surface area contributed by atoms with Gasteiger partial charge in [0, 0.05) is 30.8 Å². The average Bonchev–Trinajstić information content (AvgIpc) is 2.50. The lowest BCUT2D eigenvalue weighted by molar-refractivity contribution is -0.116. The van der Waals surface area contributed by atoms with Crippen molar-refractivity contribution in [3.8, 4) is 11.8 Å². The molecule has 4 heteroatoms. The number of aliphatic imine (C=N–C) groups is 1. The molecule has 23 heavy (non-hydrogen) atoms. The van der Waals surface area contributed by atoms with Gasteiger partial charge in [-0.3, -0.25) is 9.79 Å². The fourth-order valence-electron chi connectivity index (χ4n) is 2.07. The van der Waals surface area contributed by atoms with E-state index in [9.17, 15) is 4.79 Å². The van der Waals surface area contributed by atoms with E-state index < -0.39 is 0 Å². The first-order valence-corrected chi connectivity index (χ1v) is 7.71. The maximum atomic E-state index is 12.2. The summed E-state index contributed by atoms with van der Waals surface area (Å²) in [6, 6.07) is 9.57. The number of nitrogens with zero attached hydrogens (tertiary/aromatic N) is 1. The SMILES string of the molecule is CC(C)(CCN)CC(=O)C=C(C#Cc1ccccc1)N=CCN. The Balaban J connectivity index is 2.91. The summed E-state index contributed by atoms with van der Waals surface area (Å²) in [5.41, 5.74) is 12.2. The molecule has 0 aliphatic rings. The Bertz CT molecular complexity index is 619. The van der Waals surface area contributed by atoms with Gasteiger partial charge in [0.25, 0.3) is 0 Å². The van der Waals surface area contributed by atoms with Gasteiger partial charge in [0.2, 0.25) is 0 Å². The van der Waals surface area contributed by atoms with Gasteiger partial charge in [-0.1, -0.05) is 38.0 Å². The highest BCUT2D eigenvalue weighted by Crippen LogP contribution is 2.24. The molecule has 122 valence electrons. The van der Waals surface area contributed by atoms with E-state index in [0.717, 1.165) is 12.0 Å². The lowest BCUT2D eigenvalue weighted by Gasteiger charge is -2.21. The normalized spacial score (nSPS) is 12.1. The van der Waals surface area contributed by atoms with Gasteiger partial charge in [0.05, 0.1) is 0 Å². The van der Waals surface area contributed by atoms with E-state index in [1.165, 1.54) is 6.08 Å². The van der Waals surface area contributed by atoms with E-state index in [2.05, 4.69) is 16.8 Å². The molecule has 0 fully saturated rings. The van der Waals surface area contributed by atoms with Gasteiger partial charge in [0.1, 0.15) is 5.70 Å². The van der Waals surface area contributed by atoms with Crippen molar-refractivity contribution in [1.82, 2.24) is 0 Å². The van der Waals surface area contributed by atoms with Crippen LogP contribution in [0.15, 0.2) is 47.1 Å². The number of nitrogens with two attached hydrogens (primary N) is 2. The van der Waals surface area contributed by atoms with Crippen molar-refractivity contribution in [3.63, 3.8) is 0 Å². The first-order chi connectivity index (χ1) is 11.0. The number of carbonyl (C=O) groups is 1. The van der Waals surface area contributed by atoms with Crippen molar-refractivity contribution >= 4 is 12.0 Å². The largest absolute Gasteiger partial charge is 0.330 e. The fourth-order valence-corrected chi connectivity index (χ4v) is 2.07. The second-order valence-corrected chi connectivity index (χ2v) is 6.04. The molecule has 1 aromatic carbocycles. The zero-order chi connectivity index (χ0) is 17.1. The van der Waals surface area contributed by atoms with Gasteiger partial charge in [-0.2, -0.15) is 0 Å². The van der Waals surface area contributed by atoms with E-state index in [-0.39, 0.29) is 11.2 Å². The lowest BCUT2D eigenvalue weighted by Crippen LogP contribution is -2.20. The molecule has 1 rings (SSSR count). The van der Waals surface area contributed by atoms with E-state index in [1.807, 2.05) is 44.2 Å². The van der Waals surface area contributed by atoms with Gasteiger partial charge >= 0.3 is 0 Å². The van der Waals surface area contributed by atoms with Crippen LogP contribution in [0, 0.1) is 17.3 Å². The smallest absolute Gasteiger partial charge is 0.159 e. The van der Waals surface area contributed by atoms with E-state index >= 15 is 0 Å². The molecule has 0 heterocycles. The van der Waals surface area contributed by atoms with Crippen molar-refractivity contribution < 1.29 is 4.79 Å². The van der Waals surface area contributed by atoms with Gasteiger partial charge < -0.3 is 11.5 Å². The molecule has 0 saturated heterocycles. The summed E-state index contributed by atoms with van der Waals surface area (Å²) in [6.07, 6.45) is 4.24. The summed E-state index contributed by atoms with van der Waals surface area (Å²) < 4.78 is 0. The number of hydrogen-bond donors (Lipinski definition) is 2. The molecule has 0 atom stereocenters. The molecule has 0 bridgehead atoms. The van der Waals surface area contributed by atoms with Crippen LogP contribution in [0.3, 0.4) is 0 Å². The quantitative estimate of drug-likeness (QED) is 0.460. The highest BCUT2D eigenvalue weighted by molar-refractivity contribution is 5.91. The second kappa shape index (κ2) is 9.73. The third-order valence-electron chi connectivity index (χ3n) is 3.22. The third kappa shape index (κ3) is 8.10. The minimum absolute atomic E-state index is 0.00465. The number of rotatable bonds is 7.